The second kappa shape index (κ2) is 2.06. The van der Waals surface area contributed by atoms with Crippen molar-refractivity contribution in [2.24, 2.45) is 11.8 Å². The van der Waals surface area contributed by atoms with Gasteiger partial charge in [0.2, 0.25) is 5.91 Å². The lowest BCUT2D eigenvalue weighted by Crippen LogP contribution is -2.57. The number of carbonyl (C=O) groups is 2. The maximum atomic E-state index is 11.2. The lowest BCUT2D eigenvalue weighted by atomic mass is 9.73. The first kappa shape index (κ1) is 6.83. The largest absolute Gasteiger partial charge is 0.352 e. The Morgan fingerprint density at radius 2 is 2.18 bits per heavy atom. The number of piperidine rings is 2. The minimum Gasteiger partial charge on any atom is -0.352 e. The molecular formula is C8H11NO2. The van der Waals surface area contributed by atoms with Crippen LogP contribution >= 0.6 is 0 Å². The van der Waals surface area contributed by atoms with Crippen LogP contribution in [0.1, 0.15) is 19.8 Å². The molecule has 0 radical (unpaired) electrons. The van der Waals surface area contributed by atoms with Crippen molar-refractivity contribution >= 4 is 11.7 Å². The fraction of sp³-hybridized carbons (Fsp3) is 0.750. The third-order valence-corrected chi connectivity index (χ3v) is 2.65. The Kier molecular flexibility index (Phi) is 1.28. The summed E-state index contributed by atoms with van der Waals surface area (Å²) in [5.41, 5.74) is 0. The Morgan fingerprint density at radius 1 is 1.45 bits per heavy atom. The van der Waals surface area contributed by atoms with Crippen LogP contribution in [0.3, 0.4) is 0 Å². The van der Waals surface area contributed by atoms with Gasteiger partial charge in [-0.2, -0.15) is 0 Å². The monoisotopic (exact) mass is 153 g/mol. The minimum atomic E-state index is -0.333. The summed E-state index contributed by atoms with van der Waals surface area (Å²) in [5, 5.41) is 2.82. The van der Waals surface area contributed by atoms with Gasteiger partial charge in [0, 0.05) is 12.5 Å². The van der Waals surface area contributed by atoms with E-state index in [1.54, 1.807) is 0 Å². The lowest BCUT2D eigenvalue weighted by Gasteiger charge is -2.39. The highest BCUT2D eigenvalue weighted by Crippen LogP contribution is 2.31. The maximum Gasteiger partial charge on any atom is 0.231 e. The molecule has 2 aliphatic heterocycles. The molecule has 0 aromatic rings. The second-order valence-electron chi connectivity index (χ2n) is 3.57. The van der Waals surface area contributed by atoms with E-state index < -0.39 is 0 Å². The molecule has 1 saturated carbocycles. The highest BCUT2D eigenvalue weighted by Gasteiger charge is 2.44. The van der Waals surface area contributed by atoms with Crippen molar-refractivity contribution in [3.05, 3.63) is 0 Å². The molecule has 0 aromatic carbocycles. The Bertz CT molecular complexity index is 206. The van der Waals surface area contributed by atoms with E-state index in [1.807, 2.05) is 6.92 Å². The summed E-state index contributed by atoms with van der Waals surface area (Å²) in [4.78, 5) is 22.4. The third kappa shape index (κ3) is 0.870. The zero-order valence-corrected chi connectivity index (χ0v) is 6.46. The third-order valence-electron chi connectivity index (χ3n) is 2.65. The van der Waals surface area contributed by atoms with Gasteiger partial charge in [-0.1, -0.05) is 6.92 Å². The van der Waals surface area contributed by atoms with Crippen LogP contribution in [0, 0.1) is 11.8 Å². The number of hydrogen-bond acceptors (Lipinski definition) is 2. The average molecular weight is 153 g/mol. The van der Waals surface area contributed by atoms with Crippen molar-refractivity contribution in [3.63, 3.8) is 0 Å². The Morgan fingerprint density at radius 3 is 2.55 bits per heavy atom. The van der Waals surface area contributed by atoms with Crippen LogP contribution in [0.4, 0.5) is 0 Å². The molecule has 0 spiro atoms. The smallest absolute Gasteiger partial charge is 0.231 e. The number of fused-ring (bicyclic) bond motifs is 3. The van der Waals surface area contributed by atoms with Crippen molar-refractivity contribution in [2.45, 2.75) is 25.8 Å². The fourth-order valence-electron chi connectivity index (χ4n) is 2.16. The molecule has 2 saturated heterocycles. The van der Waals surface area contributed by atoms with Gasteiger partial charge in [-0.25, -0.2) is 0 Å². The van der Waals surface area contributed by atoms with E-state index >= 15 is 0 Å². The number of ketones is 1. The molecule has 3 unspecified atom stereocenters. The Balaban J connectivity index is 2.30. The summed E-state index contributed by atoms with van der Waals surface area (Å²) in [6.07, 6.45) is 1.53. The van der Waals surface area contributed by atoms with Crippen molar-refractivity contribution in [1.82, 2.24) is 5.32 Å². The number of nitrogens with one attached hydrogen (secondary N) is 1. The van der Waals surface area contributed by atoms with Crippen LogP contribution in [-0.4, -0.2) is 17.7 Å². The molecule has 3 aliphatic rings. The first-order chi connectivity index (χ1) is 5.18. The van der Waals surface area contributed by atoms with E-state index in [0.29, 0.717) is 6.42 Å². The van der Waals surface area contributed by atoms with E-state index in [9.17, 15) is 9.59 Å². The van der Waals surface area contributed by atoms with Gasteiger partial charge in [-0.3, -0.25) is 9.59 Å². The van der Waals surface area contributed by atoms with Gasteiger partial charge in [0.1, 0.15) is 5.78 Å². The maximum absolute atomic E-state index is 11.2. The number of carbonyl (C=O) groups excluding carboxylic acids is 2. The molecule has 2 bridgehead atoms. The molecule has 2 heterocycles. The molecule has 11 heavy (non-hydrogen) atoms. The van der Waals surface area contributed by atoms with Gasteiger partial charge in [-0.05, 0) is 12.3 Å². The first-order valence-electron chi connectivity index (χ1n) is 4.01. The number of rotatable bonds is 0. The highest BCUT2D eigenvalue weighted by molar-refractivity contribution is 6.05. The highest BCUT2D eigenvalue weighted by atomic mass is 16.2. The zero-order chi connectivity index (χ0) is 8.01. The van der Waals surface area contributed by atoms with E-state index in [2.05, 4.69) is 5.32 Å². The van der Waals surface area contributed by atoms with Crippen LogP contribution in [0.2, 0.25) is 0 Å². The molecule has 3 fully saturated rings. The van der Waals surface area contributed by atoms with Crippen molar-refractivity contribution in [3.8, 4) is 0 Å². The van der Waals surface area contributed by atoms with Gasteiger partial charge < -0.3 is 5.32 Å². The molecule has 3 rings (SSSR count). The molecule has 60 valence electrons. The normalized spacial score (nSPS) is 42.5. The molecule has 3 nitrogen and oxygen atoms in total. The summed E-state index contributed by atoms with van der Waals surface area (Å²) in [5.74, 6) is 0.0116. The number of amides is 1. The van der Waals surface area contributed by atoms with E-state index in [4.69, 9.17) is 0 Å². The summed E-state index contributed by atoms with van der Waals surface area (Å²) < 4.78 is 0. The van der Waals surface area contributed by atoms with Gasteiger partial charge >= 0.3 is 0 Å². The molecule has 1 aliphatic carbocycles. The summed E-state index contributed by atoms with van der Waals surface area (Å²) in [7, 11) is 0. The standard InChI is InChI=1S/C8H11NO2/c1-4-2-5-3-6(10)7(4)8(11)9-5/h4-5,7H,2-3H2,1H3,(H,9,11). The minimum absolute atomic E-state index is 0.0509. The SMILES string of the molecule is CC1CC2CC(=O)C1C(=O)N2. The molecule has 1 N–H and O–H groups in total. The van der Waals surface area contributed by atoms with Crippen molar-refractivity contribution < 1.29 is 9.59 Å². The number of hydrogen-bond donors (Lipinski definition) is 1. The van der Waals surface area contributed by atoms with Crippen LogP contribution in [0.15, 0.2) is 0 Å². The summed E-state index contributed by atoms with van der Waals surface area (Å²) in [6.45, 7) is 1.98. The average Bonchev–Trinajstić information content (AvgIpc) is 1.82. The Hall–Kier alpha value is -0.860. The van der Waals surface area contributed by atoms with Crippen LogP contribution < -0.4 is 5.32 Å². The van der Waals surface area contributed by atoms with Crippen molar-refractivity contribution in [1.29, 1.82) is 0 Å². The van der Waals surface area contributed by atoms with Crippen LogP contribution in [0.25, 0.3) is 0 Å². The second-order valence-corrected chi connectivity index (χ2v) is 3.57. The van der Waals surface area contributed by atoms with Crippen LogP contribution in [-0.2, 0) is 9.59 Å². The summed E-state index contributed by atoms with van der Waals surface area (Å²) >= 11 is 0. The van der Waals surface area contributed by atoms with Gasteiger partial charge in [-0.15, -0.1) is 0 Å². The van der Waals surface area contributed by atoms with Gasteiger partial charge in [0.15, 0.2) is 0 Å². The van der Waals surface area contributed by atoms with Gasteiger partial charge in [0.25, 0.3) is 0 Å². The molecule has 3 heteroatoms. The predicted molar refractivity (Wildman–Crippen MR) is 38.8 cm³/mol. The van der Waals surface area contributed by atoms with Crippen molar-refractivity contribution in [2.75, 3.05) is 0 Å². The summed E-state index contributed by atoms with van der Waals surface area (Å²) in [6, 6.07) is 0.134. The van der Waals surface area contributed by atoms with Crippen LogP contribution in [0.5, 0.6) is 0 Å². The van der Waals surface area contributed by atoms with E-state index in [1.165, 1.54) is 0 Å². The fourth-order valence-corrected chi connectivity index (χ4v) is 2.16. The zero-order valence-electron chi connectivity index (χ0n) is 6.46. The topological polar surface area (TPSA) is 46.2 Å². The Labute approximate surface area is 65.2 Å². The molecule has 0 aromatic heterocycles. The predicted octanol–water partition coefficient (Wildman–Crippen LogP) is 0.1000. The quantitative estimate of drug-likeness (QED) is 0.502. The molecular weight excluding hydrogens is 142 g/mol. The molecule has 3 atom stereocenters. The van der Waals surface area contributed by atoms with E-state index in [0.717, 1.165) is 6.42 Å². The number of Topliss-reactive ketones (excluding diaryl/α,β-unsaturated/α-hetero) is 1. The molecule has 1 amide bonds. The van der Waals surface area contributed by atoms with E-state index in [-0.39, 0.29) is 29.6 Å². The first-order valence-corrected chi connectivity index (χ1v) is 4.01. The lowest BCUT2D eigenvalue weighted by molar-refractivity contribution is -0.144. The van der Waals surface area contributed by atoms with Gasteiger partial charge in [0.05, 0.1) is 5.92 Å².